The highest BCUT2D eigenvalue weighted by Gasteiger charge is 2.22. The van der Waals surface area contributed by atoms with Gasteiger partial charge in [-0.1, -0.05) is 37.3 Å². The monoisotopic (exact) mass is 272 g/mol. The molecule has 2 aromatic rings. The largest absolute Gasteiger partial charge is 0.338 e. The molecule has 106 valence electrons. The van der Waals surface area contributed by atoms with E-state index in [9.17, 15) is 4.79 Å². The van der Waals surface area contributed by atoms with Gasteiger partial charge in [-0.15, -0.1) is 0 Å². The highest BCUT2D eigenvalue weighted by Crippen LogP contribution is 2.21. The average Bonchev–Trinajstić information content (AvgIpc) is 2.86. The van der Waals surface area contributed by atoms with Crippen LogP contribution in [0, 0.1) is 0 Å². The molecule has 0 radical (unpaired) electrons. The van der Waals surface area contributed by atoms with E-state index in [-0.39, 0.29) is 11.8 Å². The van der Waals surface area contributed by atoms with Crippen LogP contribution in [-0.4, -0.2) is 32.6 Å². The quantitative estimate of drug-likeness (QED) is 0.836. The molecule has 1 aromatic heterocycles. The third-order valence-electron chi connectivity index (χ3n) is 3.47. The molecule has 5 heteroatoms. The Kier molecular flexibility index (Phi) is 4.50. The van der Waals surface area contributed by atoms with Gasteiger partial charge >= 0.3 is 0 Å². The number of rotatable bonds is 5. The van der Waals surface area contributed by atoms with Crippen molar-refractivity contribution in [1.82, 2.24) is 19.7 Å². The summed E-state index contributed by atoms with van der Waals surface area (Å²) in [5, 5.41) is 4.02. The molecule has 5 nitrogen and oxygen atoms in total. The number of benzene rings is 1. The fourth-order valence-electron chi connectivity index (χ4n) is 2.26. The normalized spacial score (nSPS) is 12.2. The van der Waals surface area contributed by atoms with Gasteiger partial charge in [-0.05, 0) is 12.0 Å². The number of likely N-dealkylation sites (N-methyl/N-ethyl adjacent to an activating group) is 1. The Morgan fingerprint density at radius 1 is 1.35 bits per heavy atom. The summed E-state index contributed by atoms with van der Waals surface area (Å²) in [7, 11) is 3.64. The number of hydrogen-bond acceptors (Lipinski definition) is 3. The Bertz CT molecular complexity index is 564. The van der Waals surface area contributed by atoms with Crippen LogP contribution >= 0.6 is 0 Å². The zero-order valence-corrected chi connectivity index (χ0v) is 12.2. The molecular weight excluding hydrogens is 252 g/mol. The predicted molar refractivity (Wildman–Crippen MR) is 77.0 cm³/mol. The summed E-state index contributed by atoms with van der Waals surface area (Å²) in [6.07, 6.45) is 2.29. The lowest BCUT2D eigenvalue weighted by molar-refractivity contribution is -0.132. The summed E-state index contributed by atoms with van der Waals surface area (Å²) in [6.45, 7) is 2.50. The lowest BCUT2D eigenvalue weighted by atomic mass is 9.95. The molecule has 1 atom stereocenters. The molecule has 0 spiro atoms. The van der Waals surface area contributed by atoms with Crippen LogP contribution in [0.2, 0.25) is 0 Å². The van der Waals surface area contributed by atoms with E-state index in [1.54, 1.807) is 9.58 Å². The molecule has 2 rings (SSSR count). The number of hydrogen-bond donors (Lipinski definition) is 0. The van der Waals surface area contributed by atoms with E-state index in [2.05, 4.69) is 10.1 Å². The van der Waals surface area contributed by atoms with Crippen molar-refractivity contribution < 1.29 is 4.79 Å². The van der Waals surface area contributed by atoms with Crippen molar-refractivity contribution >= 4 is 5.91 Å². The maximum atomic E-state index is 12.6. The molecule has 0 aliphatic heterocycles. The SMILES string of the molecule is CC[C@H](C(=O)N(C)Cc1ncnn1C)c1ccccc1. The second kappa shape index (κ2) is 6.32. The number of aryl methyl sites for hydroxylation is 1. The third-order valence-corrected chi connectivity index (χ3v) is 3.47. The van der Waals surface area contributed by atoms with Crippen LogP contribution in [0.5, 0.6) is 0 Å². The van der Waals surface area contributed by atoms with Gasteiger partial charge in [0, 0.05) is 14.1 Å². The van der Waals surface area contributed by atoms with Gasteiger partial charge in [-0.2, -0.15) is 5.10 Å². The van der Waals surface area contributed by atoms with E-state index < -0.39 is 0 Å². The first-order valence-corrected chi connectivity index (χ1v) is 6.76. The van der Waals surface area contributed by atoms with Gasteiger partial charge in [-0.25, -0.2) is 4.98 Å². The Hall–Kier alpha value is -2.17. The molecule has 20 heavy (non-hydrogen) atoms. The van der Waals surface area contributed by atoms with E-state index in [0.717, 1.165) is 17.8 Å². The Morgan fingerprint density at radius 3 is 2.60 bits per heavy atom. The van der Waals surface area contributed by atoms with Crippen molar-refractivity contribution in [2.45, 2.75) is 25.8 Å². The van der Waals surface area contributed by atoms with Crippen LogP contribution in [0.25, 0.3) is 0 Å². The van der Waals surface area contributed by atoms with Gasteiger partial charge in [0.1, 0.15) is 12.2 Å². The second-order valence-corrected chi connectivity index (χ2v) is 4.87. The third kappa shape index (κ3) is 3.04. The van der Waals surface area contributed by atoms with E-state index in [1.165, 1.54) is 6.33 Å². The first kappa shape index (κ1) is 14.2. The van der Waals surface area contributed by atoms with Crippen molar-refractivity contribution in [2.24, 2.45) is 7.05 Å². The predicted octanol–water partition coefficient (Wildman–Crippen LogP) is 1.97. The number of amides is 1. The van der Waals surface area contributed by atoms with Gasteiger partial charge in [0.2, 0.25) is 5.91 Å². The fraction of sp³-hybridized carbons (Fsp3) is 0.400. The van der Waals surface area contributed by atoms with Crippen LogP contribution < -0.4 is 0 Å². The zero-order chi connectivity index (χ0) is 14.5. The number of nitrogens with zero attached hydrogens (tertiary/aromatic N) is 4. The Labute approximate surface area is 119 Å². The Balaban J connectivity index is 2.11. The summed E-state index contributed by atoms with van der Waals surface area (Å²) < 4.78 is 1.69. The molecular formula is C15H20N4O. The maximum Gasteiger partial charge on any atom is 0.230 e. The summed E-state index contributed by atoms with van der Waals surface area (Å²) >= 11 is 0. The second-order valence-electron chi connectivity index (χ2n) is 4.87. The van der Waals surface area contributed by atoms with Crippen LogP contribution in [0.4, 0.5) is 0 Å². The molecule has 1 heterocycles. The van der Waals surface area contributed by atoms with Crippen molar-refractivity contribution in [2.75, 3.05) is 7.05 Å². The lowest BCUT2D eigenvalue weighted by Crippen LogP contribution is -2.32. The average molecular weight is 272 g/mol. The number of aromatic nitrogens is 3. The van der Waals surface area contributed by atoms with Gasteiger partial charge < -0.3 is 4.90 Å². The molecule has 0 saturated heterocycles. The topological polar surface area (TPSA) is 51.0 Å². The van der Waals surface area contributed by atoms with Crippen molar-refractivity contribution in [3.63, 3.8) is 0 Å². The summed E-state index contributed by atoms with van der Waals surface area (Å²) in [5.74, 6) is 0.792. The zero-order valence-electron chi connectivity index (χ0n) is 12.2. The minimum absolute atomic E-state index is 0.102. The molecule has 1 aromatic carbocycles. The summed E-state index contributed by atoms with van der Waals surface area (Å²) in [5.41, 5.74) is 1.06. The number of carbonyl (C=O) groups excluding carboxylic acids is 1. The maximum absolute atomic E-state index is 12.6. The highest BCUT2D eigenvalue weighted by molar-refractivity contribution is 5.83. The van der Waals surface area contributed by atoms with Crippen molar-refractivity contribution in [3.8, 4) is 0 Å². The van der Waals surface area contributed by atoms with E-state index >= 15 is 0 Å². The molecule has 0 N–H and O–H groups in total. The van der Waals surface area contributed by atoms with Gasteiger partial charge in [0.15, 0.2) is 0 Å². The van der Waals surface area contributed by atoms with E-state index in [1.807, 2.05) is 51.4 Å². The minimum Gasteiger partial charge on any atom is -0.338 e. The molecule has 0 aliphatic carbocycles. The summed E-state index contributed by atoms with van der Waals surface area (Å²) in [6, 6.07) is 9.90. The molecule has 0 fully saturated rings. The molecule has 0 unspecified atom stereocenters. The molecule has 1 amide bonds. The van der Waals surface area contributed by atoms with E-state index in [4.69, 9.17) is 0 Å². The highest BCUT2D eigenvalue weighted by atomic mass is 16.2. The van der Waals surface area contributed by atoms with Crippen LogP contribution in [-0.2, 0) is 18.4 Å². The standard InChI is InChI=1S/C15H20N4O/c1-4-13(12-8-6-5-7-9-12)15(20)18(2)10-14-16-11-17-19(14)3/h5-9,11,13H,4,10H2,1-3H3/t13-/m0/s1. The van der Waals surface area contributed by atoms with Crippen LogP contribution in [0.1, 0.15) is 30.7 Å². The molecule has 0 saturated carbocycles. The lowest BCUT2D eigenvalue weighted by Gasteiger charge is -2.23. The smallest absolute Gasteiger partial charge is 0.230 e. The van der Waals surface area contributed by atoms with Gasteiger partial charge in [0.05, 0.1) is 12.5 Å². The van der Waals surface area contributed by atoms with Gasteiger partial charge in [0.25, 0.3) is 0 Å². The van der Waals surface area contributed by atoms with Crippen molar-refractivity contribution in [1.29, 1.82) is 0 Å². The van der Waals surface area contributed by atoms with Gasteiger partial charge in [-0.3, -0.25) is 9.48 Å². The van der Waals surface area contributed by atoms with E-state index in [0.29, 0.717) is 6.54 Å². The fourth-order valence-corrected chi connectivity index (χ4v) is 2.26. The van der Waals surface area contributed by atoms with Crippen LogP contribution in [0.15, 0.2) is 36.7 Å². The first-order valence-electron chi connectivity index (χ1n) is 6.76. The molecule has 0 aliphatic rings. The number of carbonyl (C=O) groups is 1. The Morgan fingerprint density at radius 2 is 2.05 bits per heavy atom. The van der Waals surface area contributed by atoms with Crippen molar-refractivity contribution in [3.05, 3.63) is 48.0 Å². The van der Waals surface area contributed by atoms with Crippen LogP contribution in [0.3, 0.4) is 0 Å². The summed E-state index contributed by atoms with van der Waals surface area (Å²) in [4.78, 5) is 18.4. The first-order chi connectivity index (χ1) is 9.63. The minimum atomic E-state index is -0.102. The molecule has 0 bridgehead atoms.